The number of benzene rings is 1. The van der Waals surface area contributed by atoms with Gasteiger partial charge in [0.15, 0.2) is 0 Å². The molecule has 0 saturated heterocycles. The average Bonchev–Trinajstić information content (AvgIpc) is 2.86. The lowest BCUT2D eigenvalue weighted by atomic mass is 10.2. The normalized spacial score (nSPS) is 9.75. The molecule has 0 saturated carbocycles. The number of aliphatic hydroxyl groups excluding tert-OH is 1. The van der Waals surface area contributed by atoms with Crippen LogP contribution in [0.4, 0.5) is 10.1 Å². The van der Waals surface area contributed by atoms with E-state index in [2.05, 4.69) is 22.1 Å². The molecule has 2 rings (SSSR count). The van der Waals surface area contributed by atoms with E-state index < -0.39 is 11.7 Å². The Morgan fingerprint density at radius 1 is 1.55 bits per heavy atom. The quantitative estimate of drug-likeness (QED) is 0.807. The molecule has 0 fully saturated rings. The molecule has 0 aliphatic carbocycles. The van der Waals surface area contributed by atoms with E-state index in [0.29, 0.717) is 5.56 Å². The second-order valence-corrected chi connectivity index (χ2v) is 4.03. The van der Waals surface area contributed by atoms with Gasteiger partial charge in [-0.25, -0.2) is 9.37 Å². The van der Waals surface area contributed by atoms with Gasteiger partial charge in [0.05, 0.1) is 12.0 Å². The summed E-state index contributed by atoms with van der Waals surface area (Å²) in [7, 11) is 1.74. The second kappa shape index (κ2) is 5.99. The smallest absolute Gasteiger partial charge is 0.275 e. The lowest BCUT2D eigenvalue weighted by Gasteiger charge is -2.05. The van der Waals surface area contributed by atoms with Gasteiger partial charge in [-0.15, -0.1) is 0 Å². The zero-order valence-corrected chi connectivity index (χ0v) is 10.7. The van der Waals surface area contributed by atoms with Crippen LogP contribution in [-0.4, -0.2) is 27.2 Å². The molecule has 1 amide bonds. The molecule has 1 aromatic heterocycles. The van der Waals surface area contributed by atoms with Gasteiger partial charge in [0.25, 0.3) is 5.91 Å². The summed E-state index contributed by atoms with van der Waals surface area (Å²) in [6.07, 6.45) is 3.02. The molecule has 0 radical (unpaired) electrons. The zero-order valence-electron chi connectivity index (χ0n) is 10.7. The molecule has 0 unspecified atom stereocenters. The summed E-state index contributed by atoms with van der Waals surface area (Å²) >= 11 is 0. The van der Waals surface area contributed by atoms with Crippen molar-refractivity contribution >= 4 is 11.6 Å². The summed E-state index contributed by atoms with van der Waals surface area (Å²) in [4.78, 5) is 15.7. The number of carbonyl (C=O) groups is 1. The predicted octanol–water partition coefficient (Wildman–Crippen LogP) is 1.16. The Morgan fingerprint density at radius 2 is 2.35 bits per heavy atom. The first-order valence-electron chi connectivity index (χ1n) is 5.79. The molecular formula is C14H12FN3O2. The Kier molecular flexibility index (Phi) is 4.13. The Labute approximate surface area is 115 Å². The fraction of sp³-hybridized carbons (Fsp3) is 0.143. The first kappa shape index (κ1) is 13.8. The summed E-state index contributed by atoms with van der Waals surface area (Å²) in [5, 5.41) is 11.0. The van der Waals surface area contributed by atoms with E-state index in [1.54, 1.807) is 17.7 Å². The third-order valence-electron chi connectivity index (χ3n) is 2.47. The standard InChI is InChI=1S/C14H12FN3O2/c1-18-8-13(16-9-18)14(20)17-12-5-4-10(3-2-6-19)7-11(12)15/h4-5,7-9,19H,6H2,1H3,(H,17,20). The number of aromatic nitrogens is 2. The SMILES string of the molecule is Cn1cnc(C(=O)Nc2ccc(C#CCO)cc2F)c1. The van der Waals surface area contributed by atoms with Gasteiger partial charge in [0.1, 0.15) is 18.1 Å². The molecule has 0 atom stereocenters. The number of imidazole rings is 1. The third-order valence-corrected chi connectivity index (χ3v) is 2.47. The van der Waals surface area contributed by atoms with Crippen molar-refractivity contribution in [2.75, 3.05) is 11.9 Å². The number of aliphatic hydroxyl groups is 1. The summed E-state index contributed by atoms with van der Waals surface area (Å²) in [6, 6.07) is 4.16. The molecule has 0 aliphatic heterocycles. The van der Waals surface area contributed by atoms with Crippen LogP contribution in [0.3, 0.4) is 0 Å². The minimum Gasteiger partial charge on any atom is -0.384 e. The molecule has 2 N–H and O–H groups in total. The highest BCUT2D eigenvalue weighted by molar-refractivity contribution is 6.02. The number of hydrogen-bond donors (Lipinski definition) is 2. The topological polar surface area (TPSA) is 67.2 Å². The Bertz CT molecular complexity index is 698. The first-order valence-corrected chi connectivity index (χ1v) is 5.79. The van der Waals surface area contributed by atoms with Crippen LogP contribution in [0.1, 0.15) is 16.1 Å². The average molecular weight is 273 g/mol. The number of amides is 1. The summed E-state index contributed by atoms with van der Waals surface area (Å²) < 4.78 is 15.4. The zero-order chi connectivity index (χ0) is 14.5. The molecule has 1 heterocycles. The van der Waals surface area contributed by atoms with Crippen molar-refractivity contribution in [1.82, 2.24) is 9.55 Å². The van der Waals surface area contributed by atoms with Crippen LogP contribution in [0.5, 0.6) is 0 Å². The van der Waals surface area contributed by atoms with Gasteiger partial charge in [-0.1, -0.05) is 11.8 Å². The molecule has 5 nitrogen and oxygen atoms in total. The number of rotatable bonds is 2. The molecule has 0 bridgehead atoms. The number of hydrogen-bond acceptors (Lipinski definition) is 3. The number of halogens is 1. The molecular weight excluding hydrogens is 261 g/mol. The van der Waals surface area contributed by atoms with Crippen LogP contribution >= 0.6 is 0 Å². The van der Waals surface area contributed by atoms with Crippen LogP contribution in [0.15, 0.2) is 30.7 Å². The van der Waals surface area contributed by atoms with Crippen LogP contribution in [-0.2, 0) is 7.05 Å². The van der Waals surface area contributed by atoms with E-state index in [4.69, 9.17) is 5.11 Å². The van der Waals surface area contributed by atoms with Crippen molar-refractivity contribution in [3.8, 4) is 11.8 Å². The number of anilines is 1. The fourth-order valence-corrected chi connectivity index (χ4v) is 1.55. The van der Waals surface area contributed by atoms with Crippen LogP contribution in [0, 0.1) is 17.7 Å². The summed E-state index contributed by atoms with van der Waals surface area (Å²) in [5.74, 6) is 3.92. The van der Waals surface area contributed by atoms with E-state index in [1.807, 2.05) is 0 Å². The maximum Gasteiger partial charge on any atom is 0.275 e. The third kappa shape index (κ3) is 3.22. The Balaban J connectivity index is 2.16. The van der Waals surface area contributed by atoms with Gasteiger partial charge in [-0.3, -0.25) is 4.79 Å². The second-order valence-electron chi connectivity index (χ2n) is 4.03. The molecule has 102 valence electrons. The lowest BCUT2D eigenvalue weighted by molar-refractivity contribution is 0.102. The minimum atomic E-state index is -0.598. The van der Waals surface area contributed by atoms with Gasteiger partial charge in [0, 0.05) is 18.8 Å². The largest absolute Gasteiger partial charge is 0.384 e. The summed E-state index contributed by atoms with van der Waals surface area (Å²) in [5.41, 5.74) is 0.679. The van der Waals surface area contributed by atoms with Crippen molar-refractivity contribution in [3.05, 3.63) is 47.8 Å². The van der Waals surface area contributed by atoms with E-state index in [9.17, 15) is 9.18 Å². The Morgan fingerprint density at radius 3 is 2.95 bits per heavy atom. The van der Waals surface area contributed by atoms with Crippen molar-refractivity contribution < 1.29 is 14.3 Å². The van der Waals surface area contributed by atoms with Gasteiger partial charge < -0.3 is 15.0 Å². The highest BCUT2D eigenvalue weighted by Gasteiger charge is 2.11. The monoisotopic (exact) mass is 273 g/mol. The number of carbonyl (C=O) groups excluding carboxylic acids is 1. The van der Waals surface area contributed by atoms with Crippen molar-refractivity contribution in [1.29, 1.82) is 0 Å². The van der Waals surface area contributed by atoms with Crippen LogP contribution in [0.2, 0.25) is 0 Å². The lowest BCUT2D eigenvalue weighted by Crippen LogP contribution is -2.13. The van der Waals surface area contributed by atoms with Gasteiger partial charge >= 0.3 is 0 Å². The fourth-order valence-electron chi connectivity index (χ4n) is 1.55. The van der Waals surface area contributed by atoms with E-state index in [-0.39, 0.29) is 18.0 Å². The van der Waals surface area contributed by atoms with Gasteiger partial charge in [-0.05, 0) is 18.2 Å². The van der Waals surface area contributed by atoms with E-state index in [0.717, 1.165) is 0 Å². The predicted molar refractivity (Wildman–Crippen MR) is 71.5 cm³/mol. The highest BCUT2D eigenvalue weighted by Crippen LogP contribution is 2.16. The molecule has 6 heteroatoms. The van der Waals surface area contributed by atoms with Gasteiger partial charge in [0.2, 0.25) is 0 Å². The number of nitrogens with one attached hydrogen (secondary N) is 1. The number of aryl methyl sites for hydroxylation is 1. The molecule has 1 aromatic carbocycles. The number of nitrogens with zero attached hydrogens (tertiary/aromatic N) is 2. The van der Waals surface area contributed by atoms with E-state index in [1.165, 1.54) is 24.7 Å². The molecule has 0 spiro atoms. The van der Waals surface area contributed by atoms with Crippen molar-refractivity contribution in [2.45, 2.75) is 0 Å². The Hall–Kier alpha value is -2.65. The molecule has 20 heavy (non-hydrogen) atoms. The minimum absolute atomic E-state index is 0.0511. The molecule has 0 aliphatic rings. The first-order chi connectivity index (χ1) is 9.60. The van der Waals surface area contributed by atoms with Crippen LogP contribution in [0.25, 0.3) is 0 Å². The van der Waals surface area contributed by atoms with Gasteiger partial charge in [-0.2, -0.15) is 0 Å². The van der Waals surface area contributed by atoms with Crippen molar-refractivity contribution in [3.63, 3.8) is 0 Å². The van der Waals surface area contributed by atoms with Crippen molar-refractivity contribution in [2.24, 2.45) is 7.05 Å². The summed E-state index contributed by atoms with van der Waals surface area (Å²) in [6.45, 7) is -0.292. The van der Waals surface area contributed by atoms with E-state index >= 15 is 0 Å². The maximum absolute atomic E-state index is 13.8. The highest BCUT2D eigenvalue weighted by atomic mass is 19.1. The molecule has 2 aromatic rings. The maximum atomic E-state index is 13.8. The van der Waals surface area contributed by atoms with Crippen LogP contribution < -0.4 is 5.32 Å².